The molecular weight excluding hydrogens is 322 g/mol. The molecule has 24 heavy (non-hydrogen) atoms. The van der Waals surface area contributed by atoms with Gasteiger partial charge in [0.1, 0.15) is 0 Å². The molecule has 134 valence electrons. The van der Waals surface area contributed by atoms with E-state index >= 15 is 0 Å². The molecule has 0 spiro atoms. The second-order valence-electron chi connectivity index (χ2n) is 7.51. The van der Waals surface area contributed by atoms with E-state index in [4.69, 9.17) is 4.74 Å². The predicted molar refractivity (Wildman–Crippen MR) is 101 cm³/mol. The van der Waals surface area contributed by atoms with Gasteiger partial charge in [-0.15, -0.1) is 12.4 Å². The van der Waals surface area contributed by atoms with Crippen LogP contribution in [0.4, 0.5) is 5.69 Å². The number of nitrogens with zero attached hydrogens (tertiary/aromatic N) is 2. The van der Waals surface area contributed by atoms with Crippen LogP contribution in [0.2, 0.25) is 0 Å². The number of benzene rings is 1. The second kappa shape index (κ2) is 7.61. The number of morpholine rings is 1. The third-order valence-electron chi connectivity index (χ3n) is 5.95. The van der Waals surface area contributed by atoms with Gasteiger partial charge in [0.25, 0.3) is 0 Å². The van der Waals surface area contributed by atoms with E-state index in [1.165, 1.54) is 42.5 Å². The van der Waals surface area contributed by atoms with Crippen molar-refractivity contribution < 1.29 is 4.74 Å². The summed E-state index contributed by atoms with van der Waals surface area (Å²) >= 11 is 0. The van der Waals surface area contributed by atoms with Crippen molar-refractivity contribution in [3.63, 3.8) is 0 Å². The van der Waals surface area contributed by atoms with Crippen molar-refractivity contribution in [2.45, 2.75) is 50.4 Å². The van der Waals surface area contributed by atoms with Gasteiger partial charge in [0, 0.05) is 37.4 Å². The van der Waals surface area contributed by atoms with Crippen molar-refractivity contribution in [2.24, 2.45) is 0 Å². The lowest BCUT2D eigenvalue weighted by Gasteiger charge is -2.47. The lowest BCUT2D eigenvalue weighted by molar-refractivity contribution is -0.103. The highest BCUT2D eigenvalue weighted by Crippen LogP contribution is 2.33. The van der Waals surface area contributed by atoms with E-state index in [1.807, 2.05) is 0 Å². The van der Waals surface area contributed by atoms with E-state index in [0.29, 0.717) is 18.2 Å². The van der Waals surface area contributed by atoms with Gasteiger partial charge in [-0.25, -0.2) is 0 Å². The Morgan fingerprint density at radius 3 is 3.00 bits per heavy atom. The maximum Gasteiger partial charge on any atom is 0.0745 e. The normalized spacial score (nSPS) is 29.5. The molecule has 0 bridgehead atoms. The van der Waals surface area contributed by atoms with Crippen LogP contribution < -0.4 is 5.32 Å². The molecule has 4 nitrogen and oxygen atoms in total. The van der Waals surface area contributed by atoms with Crippen LogP contribution in [-0.2, 0) is 17.7 Å². The monoisotopic (exact) mass is 351 g/mol. The number of fused-ring (bicyclic) bond motifs is 2. The third-order valence-corrected chi connectivity index (χ3v) is 5.95. The lowest BCUT2D eigenvalue weighted by atomic mass is 9.86. The molecule has 0 radical (unpaired) electrons. The SMILES string of the molecule is CN(C)C1CCC2C(C1)OCCN2Cc1cccc2c1NCC2.Cl. The molecule has 1 N–H and O–H groups in total. The van der Waals surface area contributed by atoms with Crippen molar-refractivity contribution >= 4 is 18.1 Å². The summed E-state index contributed by atoms with van der Waals surface area (Å²) in [5, 5.41) is 3.59. The molecule has 0 aromatic heterocycles. The molecule has 1 aliphatic carbocycles. The predicted octanol–water partition coefficient (Wildman–Crippen LogP) is 2.76. The molecule has 1 saturated heterocycles. The number of anilines is 1. The van der Waals surface area contributed by atoms with E-state index in [9.17, 15) is 0 Å². The van der Waals surface area contributed by atoms with Crippen molar-refractivity contribution in [1.29, 1.82) is 0 Å². The zero-order valence-corrected chi connectivity index (χ0v) is 15.6. The summed E-state index contributed by atoms with van der Waals surface area (Å²) < 4.78 is 6.14. The van der Waals surface area contributed by atoms with Crippen molar-refractivity contribution in [2.75, 3.05) is 39.1 Å². The highest BCUT2D eigenvalue weighted by atomic mass is 35.5. The average Bonchev–Trinajstić information content (AvgIpc) is 3.04. The minimum Gasteiger partial charge on any atom is -0.384 e. The summed E-state index contributed by atoms with van der Waals surface area (Å²) in [7, 11) is 4.40. The first kappa shape index (κ1) is 18.0. The Bertz CT molecular complexity index is 566. The highest BCUT2D eigenvalue weighted by molar-refractivity contribution is 5.85. The quantitative estimate of drug-likeness (QED) is 0.906. The Hall–Kier alpha value is -0.810. The number of hydrogen-bond acceptors (Lipinski definition) is 4. The molecule has 2 fully saturated rings. The molecule has 1 saturated carbocycles. The van der Waals surface area contributed by atoms with Gasteiger partial charge in [-0.05, 0) is 50.9 Å². The van der Waals surface area contributed by atoms with E-state index in [1.54, 1.807) is 0 Å². The molecule has 4 rings (SSSR count). The van der Waals surface area contributed by atoms with Gasteiger partial charge in [0.05, 0.1) is 12.7 Å². The van der Waals surface area contributed by atoms with Crippen molar-refractivity contribution in [1.82, 2.24) is 9.80 Å². The number of rotatable bonds is 3. The van der Waals surface area contributed by atoms with Gasteiger partial charge in [-0.1, -0.05) is 18.2 Å². The Labute approximate surface area is 151 Å². The number of halogens is 1. The van der Waals surface area contributed by atoms with Crippen LogP contribution in [0.5, 0.6) is 0 Å². The van der Waals surface area contributed by atoms with Gasteiger partial charge < -0.3 is 15.0 Å². The van der Waals surface area contributed by atoms with E-state index in [0.717, 1.165) is 26.2 Å². The lowest BCUT2D eigenvalue weighted by Crippen LogP contribution is -2.55. The fourth-order valence-corrected chi connectivity index (χ4v) is 4.60. The Morgan fingerprint density at radius 1 is 1.29 bits per heavy atom. The summed E-state index contributed by atoms with van der Waals surface area (Å²) in [6.45, 7) is 4.10. The first-order valence-electron chi connectivity index (χ1n) is 9.09. The summed E-state index contributed by atoms with van der Waals surface area (Å²) in [6.07, 6.45) is 5.31. The first-order valence-corrected chi connectivity index (χ1v) is 9.09. The van der Waals surface area contributed by atoms with Crippen LogP contribution in [0, 0.1) is 0 Å². The minimum atomic E-state index is 0. The molecule has 1 aromatic rings. The largest absolute Gasteiger partial charge is 0.384 e. The minimum absolute atomic E-state index is 0. The number of nitrogens with one attached hydrogen (secondary N) is 1. The fourth-order valence-electron chi connectivity index (χ4n) is 4.60. The van der Waals surface area contributed by atoms with Crippen LogP contribution in [0.15, 0.2) is 18.2 Å². The van der Waals surface area contributed by atoms with Gasteiger partial charge in [0.15, 0.2) is 0 Å². The number of ether oxygens (including phenoxy) is 1. The summed E-state index contributed by atoms with van der Waals surface area (Å²) in [6, 6.07) is 8.06. The maximum atomic E-state index is 6.14. The molecule has 1 aromatic carbocycles. The Balaban J connectivity index is 0.00000169. The first-order chi connectivity index (χ1) is 11.2. The summed E-state index contributed by atoms with van der Waals surface area (Å²) in [5.74, 6) is 0. The molecule has 5 heteroatoms. The van der Waals surface area contributed by atoms with E-state index < -0.39 is 0 Å². The van der Waals surface area contributed by atoms with Gasteiger partial charge in [0.2, 0.25) is 0 Å². The molecule has 3 atom stereocenters. The van der Waals surface area contributed by atoms with Gasteiger partial charge in [-0.3, -0.25) is 4.90 Å². The molecule has 2 aliphatic heterocycles. The summed E-state index contributed by atoms with van der Waals surface area (Å²) in [5.41, 5.74) is 4.36. The molecule has 0 amide bonds. The number of para-hydroxylation sites is 1. The number of hydrogen-bond donors (Lipinski definition) is 1. The van der Waals surface area contributed by atoms with Gasteiger partial charge in [-0.2, -0.15) is 0 Å². The standard InChI is InChI=1S/C19H29N3O.ClH/c1-21(2)16-6-7-17-18(12-16)23-11-10-22(17)13-15-5-3-4-14-8-9-20-19(14)15;/h3-5,16-18,20H,6-13H2,1-2H3;1H. The van der Waals surface area contributed by atoms with Crippen LogP contribution in [0.25, 0.3) is 0 Å². The maximum absolute atomic E-state index is 6.14. The zero-order valence-electron chi connectivity index (χ0n) is 14.8. The third kappa shape index (κ3) is 3.43. The van der Waals surface area contributed by atoms with E-state index in [-0.39, 0.29) is 12.4 Å². The fraction of sp³-hybridized carbons (Fsp3) is 0.684. The van der Waals surface area contributed by atoms with Crippen LogP contribution in [-0.4, -0.2) is 61.8 Å². The molecule has 2 heterocycles. The van der Waals surface area contributed by atoms with Crippen LogP contribution in [0.3, 0.4) is 0 Å². The zero-order chi connectivity index (χ0) is 15.8. The van der Waals surface area contributed by atoms with Crippen molar-refractivity contribution in [3.8, 4) is 0 Å². The topological polar surface area (TPSA) is 27.7 Å². The van der Waals surface area contributed by atoms with Gasteiger partial charge >= 0.3 is 0 Å². The van der Waals surface area contributed by atoms with Crippen LogP contribution >= 0.6 is 12.4 Å². The van der Waals surface area contributed by atoms with Crippen molar-refractivity contribution in [3.05, 3.63) is 29.3 Å². The summed E-state index contributed by atoms with van der Waals surface area (Å²) in [4.78, 5) is 5.04. The average molecular weight is 352 g/mol. The second-order valence-corrected chi connectivity index (χ2v) is 7.51. The molecule has 3 aliphatic rings. The van der Waals surface area contributed by atoms with Crippen LogP contribution in [0.1, 0.15) is 30.4 Å². The Morgan fingerprint density at radius 2 is 2.17 bits per heavy atom. The Kier molecular flexibility index (Phi) is 5.70. The molecule has 3 unspecified atom stereocenters. The highest BCUT2D eigenvalue weighted by Gasteiger charge is 2.38. The van der Waals surface area contributed by atoms with E-state index in [2.05, 4.69) is 47.4 Å². The smallest absolute Gasteiger partial charge is 0.0745 e. The molecular formula is C19H30ClN3O.